The molecule has 1 aliphatic carbocycles. The molecular weight excluding hydrogens is 374 g/mol. The van der Waals surface area contributed by atoms with Gasteiger partial charge < -0.3 is 14.8 Å². The average molecular weight is 395 g/mol. The molecule has 3 heterocycles. The van der Waals surface area contributed by atoms with Gasteiger partial charge in [0.25, 0.3) is 5.79 Å². The first-order valence-corrected chi connectivity index (χ1v) is 10.3. The van der Waals surface area contributed by atoms with Gasteiger partial charge in [-0.3, -0.25) is 9.20 Å². The van der Waals surface area contributed by atoms with Crippen molar-refractivity contribution >= 4 is 34.0 Å². The van der Waals surface area contributed by atoms with Crippen molar-refractivity contribution in [3.8, 4) is 11.5 Å². The maximum absolute atomic E-state index is 12.4. The number of thiazole rings is 1. The highest BCUT2D eigenvalue weighted by molar-refractivity contribution is 7.17. The number of anilines is 1. The summed E-state index contributed by atoms with van der Waals surface area (Å²) < 4.78 is 14.1. The van der Waals surface area contributed by atoms with Crippen molar-refractivity contribution in [1.82, 2.24) is 9.38 Å². The highest BCUT2D eigenvalue weighted by Crippen LogP contribution is 2.47. The van der Waals surface area contributed by atoms with Crippen LogP contribution in [0.5, 0.6) is 11.5 Å². The second-order valence-corrected chi connectivity index (χ2v) is 8.60. The van der Waals surface area contributed by atoms with Gasteiger partial charge in [0.15, 0.2) is 16.5 Å². The van der Waals surface area contributed by atoms with E-state index in [1.54, 1.807) is 17.4 Å². The third-order valence-corrected chi connectivity index (χ3v) is 6.12. The molecular formula is C21H21N3O3S. The van der Waals surface area contributed by atoms with Gasteiger partial charge in [-0.2, -0.15) is 0 Å². The molecule has 0 atom stereocenters. The molecule has 5 rings (SSSR count). The number of nitrogens with zero attached hydrogens (tertiary/aromatic N) is 2. The summed E-state index contributed by atoms with van der Waals surface area (Å²) in [6, 6.07) is 5.53. The first-order valence-electron chi connectivity index (χ1n) is 9.48. The smallest absolute Gasteiger partial charge is 0.251 e. The molecule has 2 aliphatic rings. The number of imidazole rings is 1. The van der Waals surface area contributed by atoms with E-state index < -0.39 is 5.79 Å². The molecule has 1 fully saturated rings. The highest BCUT2D eigenvalue weighted by Gasteiger charge is 2.44. The molecule has 7 heteroatoms. The Hall–Kier alpha value is -2.80. The van der Waals surface area contributed by atoms with Crippen molar-refractivity contribution in [1.29, 1.82) is 0 Å². The Morgan fingerprint density at radius 3 is 2.86 bits per heavy atom. The lowest BCUT2D eigenvalue weighted by Gasteiger charge is -2.21. The van der Waals surface area contributed by atoms with Gasteiger partial charge in [0.1, 0.15) is 0 Å². The predicted molar refractivity (Wildman–Crippen MR) is 109 cm³/mol. The van der Waals surface area contributed by atoms with Crippen LogP contribution in [0.4, 0.5) is 5.69 Å². The van der Waals surface area contributed by atoms with E-state index in [0.29, 0.717) is 11.4 Å². The minimum Gasteiger partial charge on any atom is -0.448 e. The molecule has 0 unspecified atom stereocenters. The molecule has 2 aromatic heterocycles. The van der Waals surface area contributed by atoms with Gasteiger partial charge in [-0.05, 0) is 44.9 Å². The number of rotatable bonds is 3. The molecule has 144 valence electrons. The zero-order valence-corrected chi connectivity index (χ0v) is 16.6. The lowest BCUT2D eigenvalue weighted by molar-refractivity contribution is -0.111. The SMILES string of the molecule is Cc1cn2c(/C=C/C(=O)Nc3ccc4c(c3)OC3(CCCC3)O4)c(C)nc2s1. The van der Waals surface area contributed by atoms with Crippen LogP contribution in [0, 0.1) is 13.8 Å². The summed E-state index contributed by atoms with van der Waals surface area (Å²) in [5, 5.41) is 2.90. The summed E-state index contributed by atoms with van der Waals surface area (Å²) in [4.78, 5) is 19.1. The molecule has 1 saturated carbocycles. The van der Waals surface area contributed by atoms with Crippen LogP contribution in [0.25, 0.3) is 11.0 Å². The quantitative estimate of drug-likeness (QED) is 0.653. The summed E-state index contributed by atoms with van der Waals surface area (Å²) in [7, 11) is 0. The fraction of sp³-hybridized carbons (Fsp3) is 0.333. The molecule has 1 aliphatic heterocycles. The Balaban J connectivity index is 1.31. The number of hydrogen-bond donors (Lipinski definition) is 1. The normalized spacial score (nSPS) is 17.2. The molecule has 1 N–H and O–H groups in total. The van der Waals surface area contributed by atoms with Gasteiger partial charge in [-0.1, -0.05) is 0 Å². The first kappa shape index (κ1) is 17.3. The Morgan fingerprint density at radius 2 is 2.04 bits per heavy atom. The third-order valence-electron chi connectivity index (χ3n) is 5.22. The molecule has 1 aromatic carbocycles. The number of amides is 1. The van der Waals surface area contributed by atoms with Gasteiger partial charge >= 0.3 is 0 Å². The van der Waals surface area contributed by atoms with Crippen molar-refractivity contribution < 1.29 is 14.3 Å². The van der Waals surface area contributed by atoms with Crippen molar-refractivity contribution in [2.75, 3.05) is 5.32 Å². The number of aromatic nitrogens is 2. The molecule has 1 spiro atoms. The highest BCUT2D eigenvalue weighted by atomic mass is 32.1. The third kappa shape index (κ3) is 2.96. The zero-order valence-electron chi connectivity index (χ0n) is 15.8. The van der Waals surface area contributed by atoms with Crippen LogP contribution in [0.15, 0.2) is 30.5 Å². The number of nitrogens with one attached hydrogen (secondary N) is 1. The van der Waals surface area contributed by atoms with Crippen molar-refractivity contribution in [2.24, 2.45) is 0 Å². The van der Waals surface area contributed by atoms with Crippen LogP contribution in [-0.2, 0) is 4.79 Å². The summed E-state index contributed by atoms with van der Waals surface area (Å²) in [5.74, 6) is 0.760. The predicted octanol–water partition coefficient (Wildman–Crippen LogP) is 4.71. The number of carbonyl (C=O) groups is 1. The maximum atomic E-state index is 12.4. The van der Waals surface area contributed by atoms with E-state index in [9.17, 15) is 4.79 Å². The van der Waals surface area contributed by atoms with Crippen LogP contribution < -0.4 is 14.8 Å². The monoisotopic (exact) mass is 395 g/mol. The van der Waals surface area contributed by atoms with Crippen LogP contribution in [0.1, 0.15) is 41.9 Å². The molecule has 1 amide bonds. The van der Waals surface area contributed by atoms with Gasteiger partial charge in [0.05, 0.1) is 11.4 Å². The van der Waals surface area contributed by atoms with Crippen LogP contribution >= 0.6 is 11.3 Å². The largest absolute Gasteiger partial charge is 0.448 e. The number of hydrogen-bond acceptors (Lipinski definition) is 5. The van der Waals surface area contributed by atoms with Gasteiger partial charge in [-0.15, -0.1) is 11.3 Å². The maximum Gasteiger partial charge on any atom is 0.251 e. The van der Waals surface area contributed by atoms with E-state index in [4.69, 9.17) is 9.47 Å². The van der Waals surface area contributed by atoms with Gasteiger partial charge in [-0.25, -0.2) is 4.98 Å². The fourth-order valence-electron chi connectivity index (χ4n) is 3.91. The van der Waals surface area contributed by atoms with Crippen LogP contribution in [0.2, 0.25) is 0 Å². The van der Waals surface area contributed by atoms with Crippen molar-refractivity contribution in [3.05, 3.63) is 46.7 Å². The van der Waals surface area contributed by atoms with Gasteiger partial charge in [0.2, 0.25) is 5.91 Å². The van der Waals surface area contributed by atoms with E-state index in [-0.39, 0.29) is 5.91 Å². The summed E-state index contributed by atoms with van der Waals surface area (Å²) in [6.45, 7) is 3.99. The Bertz CT molecular complexity index is 1110. The van der Waals surface area contributed by atoms with Crippen LogP contribution in [0.3, 0.4) is 0 Å². The standard InChI is InChI=1S/C21H21N3O3S/c1-13-12-24-16(14(2)22-20(24)28-13)6-8-19(25)23-15-5-7-17-18(11-15)27-21(26-17)9-3-4-10-21/h5-8,11-12H,3-4,9-10H2,1-2H3,(H,23,25)/b8-6+. The second kappa shape index (κ2) is 6.38. The van der Waals surface area contributed by atoms with E-state index in [2.05, 4.69) is 10.3 Å². The van der Waals surface area contributed by atoms with Crippen molar-refractivity contribution in [2.45, 2.75) is 45.3 Å². The summed E-state index contributed by atoms with van der Waals surface area (Å²) >= 11 is 1.63. The second-order valence-electron chi connectivity index (χ2n) is 7.38. The Labute approximate surface area is 166 Å². The zero-order chi connectivity index (χ0) is 19.3. The van der Waals surface area contributed by atoms with Crippen LogP contribution in [-0.4, -0.2) is 21.1 Å². The molecule has 28 heavy (non-hydrogen) atoms. The average Bonchev–Trinajstić information content (AvgIpc) is 3.38. The molecule has 0 bridgehead atoms. The fourth-order valence-corrected chi connectivity index (χ4v) is 4.79. The minimum atomic E-state index is -0.492. The Kier molecular flexibility index (Phi) is 3.94. The lowest BCUT2D eigenvalue weighted by Crippen LogP contribution is -2.34. The van der Waals surface area contributed by atoms with E-state index >= 15 is 0 Å². The molecule has 0 radical (unpaired) electrons. The summed E-state index contributed by atoms with van der Waals surface area (Å²) in [5.41, 5.74) is 2.51. The lowest BCUT2D eigenvalue weighted by atomic mass is 10.2. The van der Waals surface area contributed by atoms with E-state index in [0.717, 1.165) is 47.8 Å². The minimum absolute atomic E-state index is 0.198. The topological polar surface area (TPSA) is 64.9 Å². The summed E-state index contributed by atoms with van der Waals surface area (Å²) in [6.07, 6.45) is 9.43. The van der Waals surface area contributed by atoms with E-state index in [1.807, 2.05) is 42.6 Å². The molecule has 6 nitrogen and oxygen atoms in total. The number of fused-ring (bicyclic) bond motifs is 2. The number of ether oxygens (including phenoxy) is 2. The first-order chi connectivity index (χ1) is 13.5. The molecule has 3 aromatic rings. The molecule has 0 saturated heterocycles. The van der Waals surface area contributed by atoms with Crippen molar-refractivity contribution in [3.63, 3.8) is 0 Å². The van der Waals surface area contributed by atoms with E-state index in [1.165, 1.54) is 11.0 Å². The number of carbonyl (C=O) groups excluding carboxylic acids is 1. The Morgan fingerprint density at radius 1 is 1.25 bits per heavy atom. The number of aryl methyl sites for hydroxylation is 2. The number of benzene rings is 1. The van der Waals surface area contributed by atoms with Gasteiger partial charge in [0, 0.05) is 41.7 Å².